The van der Waals surface area contributed by atoms with Crippen molar-refractivity contribution in [3.05, 3.63) is 12.3 Å². The number of carbonyl (C=O) groups excluding carboxylic acids is 1. The Morgan fingerprint density at radius 3 is 3.00 bits per heavy atom. The average molecular weight is 221 g/mol. The van der Waals surface area contributed by atoms with Crippen LogP contribution in [0.15, 0.2) is 12.3 Å². The zero-order chi connectivity index (χ0) is 11.7. The summed E-state index contributed by atoms with van der Waals surface area (Å²) in [5, 5.41) is 3.19. The monoisotopic (exact) mass is 221 g/mol. The van der Waals surface area contributed by atoms with Crippen molar-refractivity contribution in [3.8, 4) is 5.75 Å². The number of amides is 1. The molecule has 0 aromatic carbocycles. The molecular weight excluding hydrogens is 206 g/mol. The van der Waals surface area contributed by atoms with Crippen molar-refractivity contribution in [2.75, 3.05) is 23.9 Å². The number of nitrogens with zero attached hydrogens (tertiary/aromatic N) is 2. The van der Waals surface area contributed by atoms with E-state index in [1.165, 1.54) is 0 Å². The predicted molar refractivity (Wildman–Crippen MR) is 61.9 cm³/mol. The third kappa shape index (κ3) is 1.93. The molecule has 0 radical (unpaired) electrons. The molecule has 5 nitrogen and oxygen atoms in total. The van der Waals surface area contributed by atoms with Crippen LogP contribution in [0.1, 0.15) is 13.8 Å². The molecule has 0 fully saturated rings. The lowest BCUT2D eigenvalue weighted by molar-refractivity contribution is -0.120. The van der Waals surface area contributed by atoms with Gasteiger partial charge in [-0.05, 0) is 13.8 Å². The Kier molecular flexibility index (Phi) is 2.68. The summed E-state index contributed by atoms with van der Waals surface area (Å²) in [7, 11) is 1.72. The predicted octanol–water partition coefficient (Wildman–Crippen LogP) is 1.26. The van der Waals surface area contributed by atoms with Gasteiger partial charge in [-0.15, -0.1) is 0 Å². The summed E-state index contributed by atoms with van der Waals surface area (Å²) in [5.41, 5.74) is 0.713. The van der Waals surface area contributed by atoms with Gasteiger partial charge in [0.1, 0.15) is 17.3 Å². The molecule has 2 heterocycles. The van der Waals surface area contributed by atoms with E-state index in [0.29, 0.717) is 17.5 Å². The van der Waals surface area contributed by atoms with Gasteiger partial charge in [0.2, 0.25) is 0 Å². The van der Waals surface area contributed by atoms with Crippen molar-refractivity contribution < 1.29 is 9.53 Å². The third-order valence-electron chi connectivity index (χ3n) is 2.37. The van der Waals surface area contributed by atoms with Crippen LogP contribution in [0.25, 0.3) is 0 Å². The van der Waals surface area contributed by atoms with Crippen LogP contribution in [0.2, 0.25) is 0 Å². The first-order valence-corrected chi connectivity index (χ1v) is 5.24. The van der Waals surface area contributed by atoms with E-state index in [9.17, 15) is 4.79 Å². The highest BCUT2D eigenvalue weighted by atomic mass is 16.5. The van der Waals surface area contributed by atoms with Crippen LogP contribution in [0, 0.1) is 0 Å². The van der Waals surface area contributed by atoms with E-state index in [1.807, 2.05) is 19.9 Å². The lowest BCUT2D eigenvalue weighted by atomic mass is 10.3. The largest absolute Gasteiger partial charge is 0.481 e. The van der Waals surface area contributed by atoms with E-state index < -0.39 is 0 Å². The van der Waals surface area contributed by atoms with Crippen LogP contribution in [0.5, 0.6) is 5.75 Å². The van der Waals surface area contributed by atoms with Crippen molar-refractivity contribution >= 4 is 17.4 Å². The molecule has 86 valence electrons. The summed E-state index contributed by atoms with van der Waals surface area (Å²) in [5.74, 6) is 1.40. The van der Waals surface area contributed by atoms with Gasteiger partial charge in [-0.3, -0.25) is 4.79 Å². The topological polar surface area (TPSA) is 54.5 Å². The Morgan fingerprint density at radius 1 is 1.56 bits per heavy atom. The fraction of sp³-hybridized carbons (Fsp3) is 0.455. The normalized spacial score (nSPS) is 14.8. The highest BCUT2D eigenvalue weighted by Gasteiger charge is 2.22. The number of fused-ring (bicyclic) bond motifs is 1. The van der Waals surface area contributed by atoms with Crippen molar-refractivity contribution in [1.82, 2.24) is 4.98 Å². The minimum Gasteiger partial charge on any atom is -0.481 e. The van der Waals surface area contributed by atoms with Crippen LogP contribution in [-0.4, -0.2) is 30.6 Å². The molecule has 0 unspecified atom stereocenters. The SMILES string of the molecule is CC(C)Nc1cc2c(cn1)N(C)C(=O)CO2. The lowest BCUT2D eigenvalue weighted by Gasteiger charge is -2.25. The zero-order valence-corrected chi connectivity index (χ0v) is 9.65. The Bertz CT molecular complexity index is 418. The minimum absolute atomic E-state index is 0.0566. The van der Waals surface area contributed by atoms with Gasteiger partial charge < -0.3 is 15.0 Å². The van der Waals surface area contributed by atoms with Crippen LogP contribution >= 0.6 is 0 Å². The number of carbonyl (C=O) groups is 1. The summed E-state index contributed by atoms with van der Waals surface area (Å²) in [6, 6.07) is 2.13. The molecule has 1 N–H and O–H groups in total. The van der Waals surface area contributed by atoms with Crippen molar-refractivity contribution in [2.45, 2.75) is 19.9 Å². The molecule has 1 aliphatic rings. The molecule has 0 saturated heterocycles. The fourth-order valence-electron chi connectivity index (χ4n) is 1.54. The molecule has 16 heavy (non-hydrogen) atoms. The molecule has 0 saturated carbocycles. The Morgan fingerprint density at radius 2 is 2.31 bits per heavy atom. The quantitative estimate of drug-likeness (QED) is 0.816. The van der Waals surface area contributed by atoms with Crippen molar-refractivity contribution in [1.29, 1.82) is 0 Å². The number of rotatable bonds is 2. The van der Waals surface area contributed by atoms with Gasteiger partial charge in [0.25, 0.3) is 5.91 Å². The molecule has 1 amide bonds. The molecule has 1 aliphatic heterocycles. The first-order valence-electron chi connectivity index (χ1n) is 5.24. The highest BCUT2D eigenvalue weighted by Crippen LogP contribution is 2.32. The third-order valence-corrected chi connectivity index (χ3v) is 2.37. The minimum atomic E-state index is -0.0566. The van der Waals surface area contributed by atoms with E-state index in [2.05, 4.69) is 10.3 Å². The number of hydrogen-bond donors (Lipinski definition) is 1. The first kappa shape index (κ1) is 10.7. The van der Waals surface area contributed by atoms with E-state index in [4.69, 9.17) is 4.74 Å². The standard InChI is InChI=1S/C11H15N3O2/c1-7(2)13-10-4-9-8(5-12-10)14(3)11(15)6-16-9/h4-5,7H,6H2,1-3H3,(H,12,13). The van der Waals surface area contributed by atoms with Crippen LogP contribution in [0.4, 0.5) is 11.5 Å². The van der Waals surface area contributed by atoms with Gasteiger partial charge in [0.05, 0.1) is 6.20 Å². The first-order chi connectivity index (χ1) is 7.58. The number of pyridine rings is 1. The number of nitrogens with one attached hydrogen (secondary N) is 1. The number of aromatic nitrogens is 1. The molecule has 1 aromatic heterocycles. The van der Waals surface area contributed by atoms with Gasteiger partial charge in [0, 0.05) is 19.2 Å². The number of hydrogen-bond acceptors (Lipinski definition) is 4. The van der Waals surface area contributed by atoms with Gasteiger partial charge in [-0.25, -0.2) is 4.98 Å². The van der Waals surface area contributed by atoms with Crippen LogP contribution in [-0.2, 0) is 4.79 Å². The van der Waals surface area contributed by atoms with Crippen molar-refractivity contribution in [3.63, 3.8) is 0 Å². The number of likely N-dealkylation sites (N-methyl/N-ethyl adjacent to an activating group) is 1. The van der Waals surface area contributed by atoms with E-state index in [1.54, 1.807) is 18.1 Å². The molecule has 0 atom stereocenters. The fourth-order valence-corrected chi connectivity index (χ4v) is 1.54. The van der Waals surface area contributed by atoms with E-state index in [0.717, 1.165) is 5.82 Å². The smallest absolute Gasteiger partial charge is 0.264 e. The zero-order valence-electron chi connectivity index (χ0n) is 9.65. The second-order valence-corrected chi connectivity index (χ2v) is 4.08. The van der Waals surface area contributed by atoms with Crippen LogP contribution in [0.3, 0.4) is 0 Å². The molecule has 0 spiro atoms. The average Bonchev–Trinajstić information content (AvgIpc) is 2.23. The van der Waals surface area contributed by atoms with Gasteiger partial charge >= 0.3 is 0 Å². The molecule has 5 heteroatoms. The summed E-state index contributed by atoms with van der Waals surface area (Å²) < 4.78 is 5.36. The number of ether oxygens (including phenoxy) is 1. The number of anilines is 2. The second kappa shape index (κ2) is 4.00. The van der Waals surface area contributed by atoms with Crippen molar-refractivity contribution in [2.24, 2.45) is 0 Å². The Labute approximate surface area is 94.4 Å². The van der Waals surface area contributed by atoms with E-state index in [-0.39, 0.29) is 12.5 Å². The van der Waals surface area contributed by atoms with E-state index >= 15 is 0 Å². The maximum Gasteiger partial charge on any atom is 0.264 e. The van der Waals surface area contributed by atoms with Gasteiger partial charge in [-0.2, -0.15) is 0 Å². The summed E-state index contributed by atoms with van der Waals surface area (Å²) in [4.78, 5) is 17.2. The van der Waals surface area contributed by atoms with Gasteiger partial charge in [0.15, 0.2) is 6.61 Å². The molecule has 1 aromatic rings. The maximum absolute atomic E-state index is 11.4. The lowest BCUT2D eigenvalue weighted by Crippen LogP contribution is -2.35. The molecule has 0 aliphatic carbocycles. The molecule has 0 bridgehead atoms. The summed E-state index contributed by atoms with van der Waals surface area (Å²) >= 11 is 0. The summed E-state index contributed by atoms with van der Waals surface area (Å²) in [6.45, 7) is 4.17. The Hall–Kier alpha value is -1.78. The highest BCUT2D eigenvalue weighted by molar-refractivity contribution is 5.97. The molecular formula is C11H15N3O2. The summed E-state index contributed by atoms with van der Waals surface area (Å²) in [6.07, 6.45) is 1.65. The second-order valence-electron chi connectivity index (χ2n) is 4.08. The molecule has 2 rings (SSSR count). The van der Waals surface area contributed by atoms with Crippen LogP contribution < -0.4 is 15.0 Å². The Balaban J connectivity index is 2.30. The van der Waals surface area contributed by atoms with Gasteiger partial charge in [-0.1, -0.05) is 0 Å². The maximum atomic E-state index is 11.4.